The van der Waals surface area contributed by atoms with Crippen molar-refractivity contribution in [1.82, 2.24) is 10.3 Å². The van der Waals surface area contributed by atoms with Crippen molar-refractivity contribution >= 4 is 17.3 Å². The molecule has 1 amide bonds. The van der Waals surface area contributed by atoms with Crippen LogP contribution >= 0.6 is 0 Å². The van der Waals surface area contributed by atoms with Gasteiger partial charge in [0.15, 0.2) is 0 Å². The van der Waals surface area contributed by atoms with Gasteiger partial charge in [0.1, 0.15) is 11.6 Å². The Morgan fingerprint density at radius 2 is 2.03 bits per heavy atom. The predicted octanol–water partition coefficient (Wildman–Crippen LogP) is 4.97. The van der Waals surface area contributed by atoms with Crippen LogP contribution < -0.4 is 11.1 Å². The third-order valence-corrected chi connectivity index (χ3v) is 8.46. The number of carbonyl (C=O) groups is 1. The Balaban J connectivity index is 1.22. The van der Waals surface area contributed by atoms with E-state index in [1.807, 2.05) is 38.1 Å². The number of fused-ring (bicyclic) bond motifs is 8. The fourth-order valence-electron chi connectivity index (χ4n) is 6.57. The van der Waals surface area contributed by atoms with E-state index < -0.39 is 5.60 Å². The summed E-state index contributed by atoms with van der Waals surface area (Å²) in [5, 5.41) is 3.06. The van der Waals surface area contributed by atoms with E-state index in [9.17, 15) is 9.18 Å². The monoisotopic (exact) mass is 483 g/mol. The molecule has 1 aromatic heterocycles. The summed E-state index contributed by atoms with van der Waals surface area (Å²) in [4.78, 5) is 17.5. The number of aromatic nitrogens is 1. The number of halogens is 1. The molecule has 3 heterocycles. The Bertz CT molecular complexity index is 1360. The third kappa shape index (κ3) is 3.54. The number of hydrogen-bond donors (Lipinski definition) is 2. The molecule has 2 aromatic rings. The van der Waals surface area contributed by atoms with E-state index >= 15 is 0 Å². The number of allylic oxidation sites excluding steroid dienone is 3. The highest BCUT2D eigenvalue weighted by atomic mass is 19.1. The molecule has 184 valence electrons. The van der Waals surface area contributed by atoms with Gasteiger partial charge in [0.05, 0.1) is 11.7 Å². The molecule has 36 heavy (non-hydrogen) atoms. The Morgan fingerprint density at radius 1 is 1.25 bits per heavy atom. The number of nitrogens with two attached hydrogens (primary N) is 1. The predicted molar refractivity (Wildman–Crippen MR) is 138 cm³/mol. The van der Waals surface area contributed by atoms with Crippen molar-refractivity contribution < 1.29 is 13.9 Å². The molecule has 6 heteroatoms. The molecule has 4 aliphatic rings. The smallest absolute Gasteiger partial charge is 0.251 e. The van der Waals surface area contributed by atoms with Gasteiger partial charge in [0, 0.05) is 35.6 Å². The third-order valence-electron chi connectivity index (χ3n) is 8.46. The molecule has 6 rings (SSSR count). The van der Waals surface area contributed by atoms with Crippen molar-refractivity contribution in [3.8, 4) is 0 Å². The maximum Gasteiger partial charge on any atom is 0.251 e. The van der Waals surface area contributed by atoms with Crippen LogP contribution in [0.2, 0.25) is 0 Å². The highest BCUT2D eigenvalue weighted by molar-refractivity contribution is 5.96. The van der Waals surface area contributed by atoms with E-state index in [1.54, 1.807) is 0 Å². The van der Waals surface area contributed by atoms with Gasteiger partial charge < -0.3 is 15.8 Å². The number of amides is 1. The summed E-state index contributed by atoms with van der Waals surface area (Å²) in [5.74, 6) is 0.727. The fourth-order valence-corrected chi connectivity index (χ4v) is 6.57. The highest BCUT2D eigenvalue weighted by Crippen LogP contribution is 2.61. The molecule has 2 aliphatic heterocycles. The van der Waals surface area contributed by atoms with Crippen LogP contribution in [0.4, 0.5) is 10.2 Å². The van der Waals surface area contributed by atoms with Crippen LogP contribution in [0, 0.1) is 37.4 Å². The number of carbonyl (C=O) groups excluding carboxylic acids is 1. The molecule has 0 spiro atoms. The normalized spacial score (nSPS) is 29.7. The Labute approximate surface area is 210 Å². The summed E-state index contributed by atoms with van der Waals surface area (Å²) in [6.07, 6.45) is 11.4. The minimum absolute atomic E-state index is 0.0271. The van der Waals surface area contributed by atoms with Crippen LogP contribution in [0.1, 0.15) is 35.7 Å². The van der Waals surface area contributed by atoms with Crippen molar-refractivity contribution in [2.75, 3.05) is 5.73 Å². The van der Waals surface area contributed by atoms with E-state index in [0.717, 1.165) is 28.8 Å². The van der Waals surface area contributed by atoms with Gasteiger partial charge in [-0.1, -0.05) is 42.5 Å². The zero-order valence-electron chi connectivity index (χ0n) is 20.7. The SMILES string of the molecule is Cc1cc(N)nc(C)c1CNC(=O)C1=CC2C(C=C1)C1OC2(C)C2CC(c3ccc(F)cc3)=CC=C12. The van der Waals surface area contributed by atoms with Crippen LogP contribution in [0.3, 0.4) is 0 Å². The lowest BCUT2D eigenvalue weighted by Gasteiger charge is -2.41. The molecule has 2 fully saturated rings. The van der Waals surface area contributed by atoms with Crippen LogP contribution in [0.25, 0.3) is 5.57 Å². The lowest BCUT2D eigenvalue weighted by molar-refractivity contribution is -0.117. The molecule has 3 N–H and O–H groups in total. The summed E-state index contributed by atoms with van der Waals surface area (Å²) in [6.45, 7) is 6.48. The summed E-state index contributed by atoms with van der Waals surface area (Å²) >= 11 is 0. The Hall–Kier alpha value is -3.51. The van der Waals surface area contributed by atoms with Gasteiger partial charge in [-0.25, -0.2) is 9.37 Å². The van der Waals surface area contributed by atoms with Gasteiger partial charge in [-0.3, -0.25) is 4.79 Å². The molecule has 5 unspecified atom stereocenters. The van der Waals surface area contributed by atoms with Crippen LogP contribution in [-0.4, -0.2) is 22.6 Å². The summed E-state index contributed by atoms with van der Waals surface area (Å²) in [7, 11) is 0. The number of hydrogen-bond acceptors (Lipinski definition) is 4. The van der Waals surface area contributed by atoms with E-state index in [0.29, 0.717) is 17.9 Å². The van der Waals surface area contributed by atoms with Crippen LogP contribution in [0.5, 0.6) is 0 Å². The standard InChI is InChI=1S/C30H30FN3O2/c1-16-12-27(32)34-17(2)24(16)15-33-29(35)20-7-11-23-26(14-20)30(3)25-13-19(6-10-22(25)28(23)36-30)18-4-8-21(31)9-5-18/h4-12,14,23,25-26,28H,13,15H2,1-3H3,(H2,32,34)(H,33,35). The molecular formula is C30H30FN3O2. The zero-order valence-corrected chi connectivity index (χ0v) is 20.7. The van der Waals surface area contributed by atoms with Crippen molar-refractivity contribution in [3.05, 3.63) is 100 Å². The first-order chi connectivity index (χ1) is 17.2. The largest absolute Gasteiger partial charge is 0.384 e. The number of nitrogens with one attached hydrogen (secondary N) is 1. The fraction of sp³-hybridized carbons (Fsp3) is 0.333. The zero-order chi connectivity index (χ0) is 25.2. The van der Waals surface area contributed by atoms with Crippen molar-refractivity contribution in [2.45, 2.75) is 45.4 Å². The molecular weight excluding hydrogens is 453 g/mol. The maximum atomic E-state index is 13.4. The first-order valence-electron chi connectivity index (χ1n) is 12.5. The van der Waals surface area contributed by atoms with Crippen molar-refractivity contribution in [1.29, 1.82) is 0 Å². The quantitative estimate of drug-likeness (QED) is 0.644. The van der Waals surface area contributed by atoms with E-state index in [4.69, 9.17) is 10.5 Å². The van der Waals surface area contributed by atoms with Crippen molar-refractivity contribution in [2.24, 2.45) is 17.8 Å². The number of pyridine rings is 1. The molecule has 5 nitrogen and oxygen atoms in total. The lowest BCUT2D eigenvalue weighted by atomic mass is 9.60. The molecule has 0 saturated carbocycles. The van der Waals surface area contributed by atoms with Gasteiger partial charge >= 0.3 is 0 Å². The lowest BCUT2D eigenvalue weighted by Crippen LogP contribution is -2.44. The summed E-state index contributed by atoms with van der Waals surface area (Å²) < 4.78 is 20.1. The van der Waals surface area contributed by atoms with E-state index in [-0.39, 0.29) is 35.6 Å². The number of nitrogens with zero attached hydrogens (tertiary/aromatic N) is 1. The minimum Gasteiger partial charge on any atom is -0.384 e. The van der Waals surface area contributed by atoms with Gasteiger partial charge in [-0.05, 0) is 73.2 Å². The molecule has 2 aliphatic carbocycles. The molecule has 2 saturated heterocycles. The number of ether oxygens (including phenoxy) is 1. The second-order valence-electron chi connectivity index (χ2n) is 10.5. The first-order valence-corrected chi connectivity index (χ1v) is 12.5. The number of anilines is 1. The number of nitrogen functional groups attached to an aromatic ring is 1. The number of benzene rings is 1. The van der Waals surface area contributed by atoms with Crippen LogP contribution in [0.15, 0.2) is 71.9 Å². The van der Waals surface area contributed by atoms with Crippen LogP contribution in [-0.2, 0) is 16.1 Å². The minimum atomic E-state index is -0.398. The molecule has 0 radical (unpaired) electrons. The first kappa shape index (κ1) is 22.9. The van der Waals surface area contributed by atoms with Gasteiger partial charge in [-0.15, -0.1) is 0 Å². The van der Waals surface area contributed by atoms with Gasteiger partial charge in [0.2, 0.25) is 0 Å². The van der Waals surface area contributed by atoms with E-state index in [1.165, 1.54) is 23.3 Å². The van der Waals surface area contributed by atoms with Gasteiger partial charge in [-0.2, -0.15) is 0 Å². The van der Waals surface area contributed by atoms with Gasteiger partial charge in [0.25, 0.3) is 5.91 Å². The molecule has 5 atom stereocenters. The molecule has 1 aromatic carbocycles. The topological polar surface area (TPSA) is 77.2 Å². The average Bonchev–Trinajstić information content (AvgIpc) is 3.32. The molecule has 2 bridgehead atoms. The Morgan fingerprint density at radius 3 is 2.78 bits per heavy atom. The summed E-state index contributed by atoms with van der Waals surface area (Å²) in [6, 6.07) is 8.52. The number of rotatable bonds is 4. The number of aryl methyl sites for hydroxylation is 2. The van der Waals surface area contributed by atoms with Crippen molar-refractivity contribution in [3.63, 3.8) is 0 Å². The maximum absolute atomic E-state index is 13.4. The van der Waals surface area contributed by atoms with E-state index in [2.05, 4.69) is 41.5 Å². The highest BCUT2D eigenvalue weighted by Gasteiger charge is 2.63. The average molecular weight is 484 g/mol. The Kier molecular flexibility index (Phi) is 5.27. The second-order valence-corrected chi connectivity index (χ2v) is 10.5. The summed E-state index contributed by atoms with van der Waals surface area (Å²) in [5.41, 5.74) is 12.5. The second kappa shape index (κ2) is 8.27.